The average Bonchev–Trinajstić information content (AvgIpc) is 2.79. The molecule has 0 aliphatic carbocycles. The van der Waals surface area contributed by atoms with E-state index < -0.39 is 36.0 Å². The molecule has 9 heteroatoms. The number of carbonyl (C=O) groups is 1. The molecule has 7 nitrogen and oxygen atoms in total. The van der Waals surface area contributed by atoms with Crippen LogP contribution in [0.5, 0.6) is 0 Å². The number of nitrogens with one attached hydrogen (secondary N) is 2. The van der Waals surface area contributed by atoms with Gasteiger partial charge in [0.25, 0.3) is 5.91 Å². The summed E-state index contributed by atoms with van der Waals surface area (Å²) in [6, 6.07) is -0.789. The highest BCUT2D eigenvalue weighted by molar-refractivity contribution is 6.44. The van der Waals surface area contributed by atoms with Crippen molar-refractivity contribution in [3.63, 3.8) is 0 Å². The number of hydrogen-bond acceptors (Lipinski definition) is 5. The van der Waals surface area contributed by atoms with E-state index in [-0.39, 0.29) is 22.2 Å². The maximum Gasteiger partial charge on any atom is 0.269 e. The Morgan fingerprint density at radius 2 is 2.12 bits per heavy atom. The van der Waals surface area contributed by atoms with Crippen molar-refractivity contribution in [1.29, 1.82) is 0 Å². The van der Waals surface area contributed by atoms with Crippen LogP contribution in [0.1, 0.15) is 36.5 Å². The molecule has 0 radical (unpaired) electrons. The Labute approximate surface area is 150 Å². The summed E-state index contributed by atoms with van der Waals surface area (Å²) in [6.07, 6.45) is -2.52. The van der Waals surface area contributed by atoms with Crippen LogP contribution in [0, 0.1) is 6.92 Å². The molecule has 0 aromatic carbocycles. The van der Waals surface area contributed by atoms with Crippen LogP contribution in [0.25, 0.3) is 0 Å². The molecule has 1 unspecified atom stereocenters. The van der Waals surface area contributed by atoms with E-state index in [2.05, 4.69) is 10.3 Å². The summed E-state index contributed by atoms with van der Waals surface area (Å²) >= 11 is 12.0. The van der Waals surface area contributed by atoms with Gasteiger partial charge in [0.05, 0.1) is 22.2 Å². The van der Waals surface area contributed by atoms with Gasteiger partial charge in [-0.1, -0.05) is 23.2 Å². The highest BCUT2D eigenvalue weighted by atomic mass is 35.5. The largest absolute Gasteiger partial charge is 0.387 e. The van der Waals surface area contributed by atoms with Crippen LogP contribution >= 0.6 is 23.2 Å². The number of aliphatic hydroxyl groups is 2. The third kappa shape index (κ3) is 3.42. The van der Waals surface area contributed by atoms with Crippen LogP contribution in [0.2, 0.25) is 10.0 Å². The van der Waals surface area contributed by atoms with E-state index in [1.807, 2.05) is 0 Å². The molecule has 2 heterocycles. The van der Waals surface area contributed by atoms with E-state index in [1.165, 1.54) is 7.11 Å². The first-order valence-electron chi connectivity index (χ1n) is 7.55. The number of rotatable bonds is 4. The minimum atomic E-state index is -1.62. The molecular formula is C15H22Cl2N2O5. The van der Waals surface area contributed by atoms with Gasteiger partial charge >= 0.3 is 0 Å². The predicted octanol–water partition coefficient (Wildman–Crippen LogP) is 1.62. The molecule has 136 valence electrons. The number of aromatic amines is 1. The summed E-state index contributed by atoms with van der Waals surface area (Å²) < 4.78 is 10.6. The molecule has 1 aromatic heterocycles. The number of aromatic nitrogens is 1. The van der Waals surface area contributed by atoms with Gasteiger partial charge in [0.2, 0.25) is 0 Å². The smallest absolute Gasteiger partial charge is 0.269 e. The number of aliphatic hydroxyl groups excluding tert-OH is 1. The quantitative estimate of drug-likeness (QED) is 0.635. The van der Waals surface area contributed by atoms with E-state index in [0.717, 1.165) is 0 Å². The minimum absolute atomic E-state index is 0.00863. The average molecular weight is 381 g/mol. The molecule has 4 N–H and O–H groups in total. The van der Waals surface area contributed by atoms with Crippen LogP contribution in [-0.2, 0) is 9.47 Å². The van der Waals surface area contributed by atoms with Crippen LogP contribution < -0.4 is 5.32 Å². The molecule has 1 amide bonds. The maximum atomic E-state index is 12.4. The lowest BCUT2D eigenvalue weighted by atomic mass is 9.81. The van der Waals surface area contributed by atoms with Crippen molar-refractivity contribution in [3.8, 4) is 0 Å². The third-order valence-electron chi connectivity index (χ3n) is 4.46. The highest BCUT2D eigenvalue weighted by Gasteiger charge is 2.50. The molecule has 1 aliphatic heterocycles. The number of ether oxygens (including phenoxy) is 2. The van der Waals surface area contributed by atoms with Crippen molar-refractivity contribution in [2.75, 3.05) is 7.11 Å². The second-order valence-electron chi connectivity index (χ2n) is 6.09. The van der Waals surface area contributed by atoms with Gasteiger partial charge in [-0.3, -0.25) is 4.79 Å². The van der Waals surface area contributed by atoms with Crippen LogP contribution in [0.3, 0.4) is 0 Å². The summed E-state index contributed by atoms with van der Waals surface area (Å²) in [5, 5.41) is 24.3. The molecule has 5 atom stereocenters. The summed E-state index contributed by atoms with van der Waals surface area (Å²) in [7, 11) is 1.45. The van der Waals surface area contributed by atoms with Crippen LogP contribution in [0.4, 0.5) is 0 Å². The van der Waals surface area contributed by atoms with Crippen molar-refractivity contribution in [2.24, 2.45) is 0 Å². The number of aryl methyl sites for hydroxylation is 1. The molecule has 1 aromatic rings. The van der Waals surface area contributed by atoms with E-state index in [4.69, 9.17) is 32.7 Å². The zero-order chi connectivity index (χ0) is 18.2. The molecule has 0 spiro atoms. The summed E-state index contributed by atoms with van der Waals surface area (Å²) in [6.45, 7) is 4.91. The Hall–Kier alpha value is -0.830. The Morgan fingerprint density at radius 1 is 1.50 bits per heavy atom. The molecule has 24 heavy (non-hydrogen) atoms. The SMILES string of the molecule is COC1C[C@@](O)([C@H](C)NC(=O)c2[nH]c(C)c(Cl)c2Cl)[C@H](O)[C@@H](C)O1. The molecular weight excluding hydrogens is 359 g/mol. The van der Waals surface area contributed by atoms with Crippen LogP contribution in [-0.4, -0.2) is 58.4 Å². The molecule has 1 aliphatic rings. The van der Waals surface area contributed by atoms with Gasteiger partial charge in [-0.15, -0.1) is 0 Å². The monoisotopic (exact) mass is 380 g/mol. The Balaban J connectivity index is 2.19. The zero-order valence-corrected chi connectivity index (χ0v) is 15.4. The summed E-state index contributed by atoms with van der Waals surface area (Å²) in [5.41, 5.74) is -0.948. The number of carbonyl (C=O) groups excluding carboxylic acids is 1. The van der Waals surface area contributed by atoms with Crippen molar-refractivity contribution in [3.05, 3.63) is 21.4 Å². The van der Waals surface area contributed by atoms with Crippen molar-refractivity contribution < 1.29 is 24.5 Å². The Kier molecular flexibility index (Phi) is 5.84. The topological polar surface area (TPSA) is 104 Å². The third-order valence-corrected chi connectivity index (χ3v) is 5.41. The first-order chi connectivity index (χ1) is 11.1. The van der Waals surface area contributed by atoms with Crippen molar-refractivity contribution in [1.82, 2.24) is 10.3 Å². The van der Waals surface area contributed by atoms with Gasteiger partial charge in [0.15, 0.2) is 6.29 Å². The van der Waals surface area contributed by atoms with E-state index in [9.17, 15) is 15.0 Å². The number of halogens is 2. The lowest BCUT2D eigenvalue weighted by molar-refractivity contribution is -0.274. The number of methoxy groups -OCH3 is 1. The summed E-state index contributed by atoms with van der Waals surface area (Å²) in [4.78, 5) is 15.2. The Bertz CT molecular complexity index is 623. The van der Waals surface area contributed by atoms with E-state index in [1.54, 1.807) is 20.8 Å². The molecule has 2 rings (SSSR count). The van der Waals surface area contributed by atoms with Crippen molar-refractivity contribution >= 4 is 29.1 Å². The molecule has 0 bridgehead atoms. The van der Waals surface area contributed by atoms with Gasteiger partial charge in [-0.2, -0.15) is 0 Å². The zero-order valence-electron chi connectivity index (χ0n) is 13.9. The summed E-state index contributed by atoms with van der Waals surface area (Å²) in [5.74, 6) is -0.531. The first kappa shape index (κ1) is 19.5. The van der Waals surface area contributed by atoms with Gasteiger partial charge in [0, 0.05) is 19.2 Å². The van der Waals surface area contributed by atoms with Crippen molar-refractivity contribution in [2.45, 2.75) is 57.3 Å². The molecule has 1 saturated heterocycles. The predicted molar refractivity (Wildman–Crippen MR) is 89.4 cm³/mol. The normalized spacial score (nSPS) is 31.8. The van der Waals surface area contributed by atoms with Gasteiger partial charge in [-0.05, 0) is 20.8 Å². The van der Waals surface area contributed by atoms with Gasteiger partial charge in [-0.25, -0.2) is 0 Å². The Morgan fingerprint density at radius 3 is 2.62 bits per heavy atom. The number of H-pyrrole nitrogens is 1. The van der Waals surface area contributed by atoms with Crippen LogP contribution in [0.15, 0.2) is 0 Å². The van der Waals surface area contributed by atoms with E-state index in [0.29, 0.717) is 5.69 Å². The fourth-order valence-electron chi connectivity index (χ4n) is 2.85. The van der Waals surface area contributed by atoms with Gasteiger partial charge < -0.3 is 30.0 Å². The fourth-order valence-corrected chi connectivity index (χ4v) is 3.27. The second-order valence-corrected chi connectivity index (χ2v) is 6.85. The minimum Gasteiger partial charge on any atom is -0.387 e. The highest BCUT2D eigenvalue weighted by Crippen LogP contribution is 2.33. The van der Waals surface area contributed by atoms with Gasteiger partial charge in [0.1, 0.15) is 17.4 Å². The number of amides is 1. The standard InChI is InChI=1S/C15H22Cl2N2O5/c1-6-10(16)11(17)12(18-6)14(21)19-8(3)15(22)5-9(23-4)24-7(2)13(15)20/h7-9,13,18,20,22H,5H2,1-4H3,(H,19,21)/t7-,8+,9?,13-,15-/m1/s1. The molecule has 0 saturated carbocycles. The lowest BCUT2D eigenvalue weighted by Gasteiger charge is -2.46. The molecule has 1 fully saturated rings. The van der Waals surface area contributed by atoms with E-state index >= 15 is 0 Å². The lowest BCUT2D eigenvalue weighted by Crippen LogP contribution is -2.65. The maximum absolute atomic E-state index is 12.4. The first-order valence-corrected chi connectivity index (χ1v) is 8.30. The number of hydrogen-bond donors (Lipinski definition) is 4. The fraction of sp³-hybridized carbons (Fsp3) is 0.667. The second kappa shape index (κ2) is 7.19.